The zero-order valence-electron chi connectivity index (χ0n) is 36.6. The highest BCUT2D eigenvalue weighted by molar-refractivity contribution is 6.82. The van der Waals surface area contributed by atoms with Gasteiger partial charge in [-0.25, -0.2) is 0 Å². The quantitative estimate of drug-likeness (QED) is 0.139. The van der Waals surface area contributed by atoms with E-state index in [1.165, 1.54) is 43.8 Å². The zero-order chi connectivity index (χ0) is 42.5. The Balaban J connectivity index is 1.21. The average molecular weight is 868 g/mol. The van der Waals surface area contributed by atoms with E-state index in [4.69, 9.17) is 0 Å². The normalized spacial score (nSPS) is 22.3. The summed E-state index contributed by atoms with van der Waals surface area (Å²) in [4.78, 5) is 18.9. The molecule has 0 N–H and O–H groups in total. The largest absolute Gasteiger partial charge is 0.326 e. The third-order valence-corrected chi connectivity index (χ3v) is 25.9. The Bertz CT molecular complexity index is 7350. The lowest BCUT2D eigenvalue weighted by Crippen LogP contribution is -2.65. The molecule has 0 radical (unpaired) electrons. The third kappa shape index (κ3) is 1.36. The fourth-order valence-electron chi connectivity index (χ4n) is 25.8. The molecule has 5 aliphatic rings. The van der Waals surface area contributed by atoms with Gasteiger partial charge in [-0.05, 0) is 321 Å². The van der Waals surface area contributed by atoms with Crippen LogP contribution in [0.2, 0.25) is 0 Å². The molecule has 4 aliphatic carbocycles. The lowest BCUT2D eigenvalue weighted by molar-refractivity contribution is 0.0481. The number of hydrogen-bond acceptors (Lipinski definition) is 1. The van der Waals surface area contributed by atoms with Crippen molar-refractivity contribution in [1.29, 1.82) is 0 Å². The number of nitrogens with zero attached hydrogens (tertiary/aromatic N) is 1. The number of hydrogen-bond donors (Lipinski definition) is 0. The molecular formula is C69H9NO. The van der Waals surface area contributed by atoms with Gasteiger partial charge in [0, 0.05) is 23.7 Å². The molecule has 29 aromatic carbocycles. The fourth-order valence-corrected chi connectivity index (χ4v) is 25.8. The number of likely N-dealkylation sites (N-methyl/N-ethyl adjacent to an activating group) is 1. The summed E-state index contributed by atoms with van der Waals surface area (Å²) in [6.45, 7) is 2.21. The van der Waals surface area contributed by atoms with Crippen molar-refractivity contribution in [2.24, 2.45) is 0 Å². The molecule has 2 heteroatoms. The van der Waals surface area contributed by atoms with E-state index in [1.807, 2.05) is 0 Å². The minimum Gasteiger partial charge on any atom is -0.326 e. The number of carbonyl (C=O) groups is 1. The van der Waals surface area contributed by atoms with Gasteiger partial charge >= 0.3 is 0 Å². The van der Waals surface area contributed by atoms with Crippen molar-refractivity contribution in [2.75, 3.05) is 7.05 Å². The number of rotatable bonds is 0. The van der Waals surface area contributed by atoms with Gasteiger partial charge in [-0.1, -0.05) is 17.7 Å². The van der Waals surface area contributed by atoms with E-state index in [0.717, 1.165) is 5.56 Å². The minimum atomic E-state index is -0.766. The van der Waals surface area contributed by atoms with Gasteiger partial charge in [-0.3, -0.25) is 4.79 Å². The van der Waals surface area contributed by atoms with Crippen molar-refractivity contribution in [3.05, 3.63) is 57.1 Å². The molecule has 0 bridgehead atoms. The second-order valence-corrected chi connectivity index (χ2v) is 26.1. The molecule has 1 amide bonds. The Morgan fingerprint density at radius 2 is 0.479 bits per heavy atom. The first-order chi connectivity index (χ1) is 35.2. The first-order valence-corrected chi connectivity index (χ1v) is 26.3. The molecule has 71 heavy (non-hydrogen) atoms. The van der Waals surface area contributed by atoms with Crippen LogP contribution in [0.1, 0.15) is 43.7 Å². The van der Waals surface area contributed by atoms with E-state index >= 15 is 4.79 Å². The summed E-state index contributed by atoms with van der Waals surface area (Å²) in [7, 11) is 2.29. The van der Waals surface area contributed by atoms with Gasteiger partial charge in [0.15, 0.2) is 0 Å². The smallest absolute Gasteiger partial charge is 0.254 e. The fraction of sp³-hybridized carbons (Fsp3) is 0.0580. The number of carbonyl (C=O) groups excluding carboxylic acids is 1. The van der Waals surface area contributed by atoms with Crippen LogP contribution in [0.25, 0.3) is 291 Å². The highest BCUT2D eigenvalue weighted by Crippen LogP contribution is 2.86. The first kappa shape index (κ1) is 26.2. The van der Waals surface area contributed by atoms with Gasteiger partial charge in [-0.15, -0.1) is 0 Å². The van der Waals surface area contributed by atoms with Crippen LogP contribution >= 0.6 is 0 Å². The monoisotopic (exact) mass is 867 g/mol. The van der Waals surface area contributed by atoms with Crippen molar-refractivity contribution in [3.8, 4) is 0 Å². The summed E-state index contributed by atoms with van der Waals surface area (Å²) in [5.74, 6) is 0.201. The molecule has 0 aromatic heterocycles. The topological polar surface area (TPSA) is 20.3 Å². The Morgan fingerprint density at radius 3 is 0.704 bits per heavy atom. The molecule has 1 heterocycles. The predicted molar refractivity (Wildman–Crippen MR) is 296 cm³/mol. The lowest BCUT2D eigenvalue weighted by Gasteiger charge is -2.61. The molecule has 34 rings (SSSR count). The van der Waals surface area contributed by atoms with E-state index in [9.17, 15) is 0 Å². The molecule has 2 nitrogen and oxygen atoms in total. The van der Waals surface area contributed by atoms with Crippen LogP contribution in [-0.4, -0.2) is 17.9 Å². The van der Waals surface area contributed by atoms with E-state index in [0.29, 0.717) is 0 Å². The van der Waals surface area contributed by atoms with Crippen LogP contribution in [0.15, 0.2) is 18.2 Å². The van der Waals surface area contributed by atoms with Gasteiger partial charge in [0.25, 0.3) is 5.91 Å². The average Bonchev–Trinajstić information content (AvgIpc) is 4.13. The van der Waals surface area contributed by atoms with Gasteiger partial charge in [0.1, 0.15) is 5.54 Å². The van der Waals surface area contributed by atoms with Crippen LogP contribution in [-0.2, 0) is 11.0 Å². The van der Waals surface area contributed by atoms with Crippen LogP contribution < -0.4 is 0 Å². The lowest BCUT2D eigenvalue weighted by atomic mass is 9.48. The molecule has 0 atom stereocenters. The highest BCUT2D eigenvalue weighted by Gasteiger charge is 2.74. The van der Waals surface area contributed by atoms with E-state index < -0.39 is 11.0 Å². The van der Waals surface area contributed by atoms with E-state index in [1.54, 1.807) is 280 Å². The number of fused-ring (bicyclic) bond motifs is 1. The highest BCUT2D eigenvalue weighted by atomic mass is 16.2. The third-order valence-electron chi connectivity index (χ3n) is 25.9. The SMILES string of the molecule is Cc1ccc2c(c1)C(=O)N(C)C13c4c5c6c7c8c9c(c%10c%11c1c1c4c4c%12c5c5c6c6c8c8c%13c9c9c%10c%10c%11c%11c1c1c4c4c%12c%12c5c5c6c8c6c8c%13c9c9c%10c%10c%11c1c1c4c4c%12c5c6c5c8c9c%10c1c45)C273. The maximum atomic E-state index is 16.4. The molecule has 1 aliphatic heterocycles. The van der Waals surface area contributed by atoms with Gasteiger partial charge in [-0.2, -0.15) is 0 Å². The molecule has 0 fully saturated rings. The van der Waals surface area contributed by atoms with Crippen LogP contribution in [0.3, 0.4) is 0 Å². The van der Waals surface area contributed by atoms with Crippen molar-refractivity contribution < 1.29 is 4.79 Å². The number of benzene rings is 19. The maximum absolute atomic E-state index is 16.4. The van der Waals surface area contributed by atoms with Crippen LogP contribution in [0.5, 0.6) is 0 Å². The van der Waals surface area contributed by atoms with Gasteiger partial charge < -0.3 is 4.90 Å². The Hall–Kier alpha value is -8.85. The summed E-state index contributed by atoms with van der Waals surface area (Å²) in [6.07, 6.45) is 0. The summed E-state index contributed by atoms with van der Waals surface area (Å²) < 4.78 is 0. The second-order valence-electron chi connectivity index (χ2n) is 26.1. The van der Waals surface area contributed by atoms with Gasteiger partial charge in [0.2, 0.25) is 0 Å². The minimum absolute atomic E-state index is 0.201. The van der Waals surface area contributed by atoms with E-state index in [-0.39, 0.29) is 5.91 Å². The molecule has 296 valence electrons. The van der Waals surface area contributed by atoms with Crippen LogP contribution in [0.4, 0.5) is 0 Å². The second kappa shape index (κ2) is 5.81. The summed E-state index contributed by atoms with van der Waals surface area (Å²) in [5, 5.41) is 85.9. The standard InChI is InChI=1S/C69H9NO/c1-6-3-4-8-7(5-6)67(71)70(2)69-65-59-53-43-31-23-15-11-9-10-13-17(15)25(31)35-29-21(13)22-14(10)18-16-12(9)20-19(11)27-33(23)41-47-37(27)38-28(20)34-24(16)32-26(18)36-30(22)40-39(29)51(45(35)53)61(65)62-52(40)46(36)54-44(32)50-42(34)48(38)56-55(47)63(57(59)49(41)43)68(8,69)64(56)58(50)60(54)66(62)69/h3-5H,1-2H3. The van der Waals surface area contributed by atoms with Crippen LogP contribution in [0, 0.1) is 6.92 Å². The molecule has 29 aromatic rings. The first-order valence-electron chi connectivity index (χ1n) is 26.3. The maximum Gasteiger partial charge on any atom is 0.254 e. The van der Waals surface area contributed by atoms with Crippen molar-refractivity contribution in [2.45, 2.75) is 17.9 Å². The predicted octanol–water partition coefficient (Wildman–Crippen LogP) is 17.7. The van der Waals surface area contributed by atoms with Gasteiger partial charge in [0.05, 0.1) is 5.41 Å². The molecule has 0 saturated heterocycles. The van der Waals surface area contributed by atoms with Crippen molar-refractivity contribution in [1.82, 2.24) is 4.90 Å². The molecule has 0 saturated carbocycles. The summed E-state index contributed by atoms with van der Waals surface area (Å²) >= 11 is 0. The molecule has 2 spiro atoms. The Morgan fingerprint density at radius 1 is 0.282 bits per heavy atom. The van der Waals surface area contributed by atoms with Crippen molar-refractivity contribution >= 4 is 297 Å². The summed E-state index contributed by atoms with van der Waals surface area (Å²) in [5.41, 5.74) is 8.16. The Labute approximate surface area is 386 Å². The Kier molecular flexibility index (Phi) is 2.15. The van der Waals surface area contributed by atoms with Crippen molar-refractivity contribution in [3.63, 3.8) is 0 Å². The number of aryl methyl sites for hydroxylation is 1. The molecule has 0 unspecified atom stereocenters. The van der Waals surface area contributed by atoms with E-state index in [2.05, 4.69) is 37.1 Å². The zero-order valence-corrected chi connectivity index (χ0v) is 36.6. The molecular weight excluding hydrogens is 859 g/mol. The summed E-state index contributed by atoms with van der Waals surface area (Å²) in [6, 6.07) is 7.19. The number of amides is 1.